The van der Waals surface area contributed by atoms with Crippen molar-refractivity contribution in [2.24, 2.45) is 17.6 Å². The van der Waals surface area contributed by atoms with Gasteiger partial charge in [0.15, 0.2) is 5.78 Å². The van der Waals surface area contributed by atoms with E-state index in [2.05, 4.69) is 0 Å². The molecule has 2 heterocycles. The summed E-state index contributed by atoms with van der Waals surface area (Å²) in [7, 11) is 0. The second kappa shape index (κ2) is 12.3. The highest BCUT2D eigenvalue weighted by Gasteiger charge is 2.44. The zero-order chi connectivity index (χ0) is 28.2. The molecule has 212 valence electrons. The molecule has 1 unspecified atom stereocenters. The van der Waals surface area contributed by atoms with Crippen LogP contribution in [0, 0.1) is 11.8 Å². The van der Waals surface area contributed by atoms with Gasteiger partial charge in [0.2, 0.25) is 11.7 Å². The summed E-state index contributed by atoms with van der Waals surface area (Å²) in [6.07, 6.45) is 3.68. The van der Waals surface area contributed by atoms with Gasteiger partial charge in [0.25, 0.3) is 0 Å². The minimum atomic E-state index is -0.559. The van der Waals surface area contributed by atoms with E-state index in [1.807, 2.05) is 42.5 Å². The number of fused-ring (bicyclic) bond motifs is 1. The van der Waals surface area contributed by atoms with Crippen molar-refractivity contribution in [3.63, 3.8) is 0 Å². The number of Topliss-reactive ketones (excluding diaryl/α,β-unsaturated/α-hetero) is 1. The molecular weight excluding hydrogens is 511 g/mol. The van der Waals surface area contributed by atoms with Crippen molar-refractivity contribution < 1.29 is 27.9 Å². The molecule has 0 radical (unpaired) electrons. The number of halogens is 1. The third-order valence-electron chi connectivity index (χ3n) is 8.58. The number of alkyl halides is 1. The topological polar surface area (TPSA) is 103 Å². The molecule has 5 rings (SSSR count). The van der Waals surface area contributed by atoms with Crippen LogP contribution in [0.4, 0.5) is 4.39 Å². The van der Waals surface area contributed by atoms with E-state index in [4.69, 9.17) is 14.9 Å². The van der Waals surface area contributed by atoms with Crippen LogP contribution >= 0.6 is 0 Å². The summed E-state index contributed by atoms with van der Waals surface area (Å²) in [5, 5.41) is 0.718. The number of hydrogen-bond donors (Lipinski definition) is 1. The van der Waals surface area contributed by atoms with Crippen LogP contribution in [-0.2, 0) is 20.7 Å². The number of ether oxygens (including phenoxy) is 1. The van der Waals surface area contributed by atoms with Crippen LogP contribution in [0.25, 0.3) is 11.0 Å². The van der Waals surface area contributed by atoms with Crippen LogP contribution < -0.4 is 5.73 Å². The molecule has 0 bridgehead atoms. The minimum absolute atomic E-state index is 0.0127. The summed E-state index contributed by atoms with van der Waals surface area (Å²) >= 11 is 0. The smallest absolute Gasteiger partial charge is 0.374 e. The SMILES string of the molecule is CCOC(=O)c1cc2cc(CC(=O)[C@@H]3[C@@H](c4ccccc4)CCN3C(=O)C3CCC(C(N)CF)CC3)ccc2o1. The highest BCUT2D eigenvalue weighted by atomic mass is 19.1. The fraction of sp³-hybridized carbons (Fsp3) is 0.469. The van der Waals surface area contributed by atoms with Crippen molar-refractivity contribution in [1.29, 1.82) is 0 Å². The van der Waals surface area contributed by atoms with Gasteiger partial charge < -0.3 is 19.8 Å². The molecule has 1 saturated carbocycles. The molecule has 1 amide bonds. The molecule has 0 spiro atoms. The number of hydrogen-bond acceptors (Lipinski definition) is 6. The van der Waals surface area contributed by atoms with Crippen molar-refractivity contribution in [2.45, 2.75) is 63.5 Å². The number of esters is 1. The highest BCUT2D eigenvalue weighted by molar-refractivity contribution is 5.95. The van der Waals surface area contributed by atoms with E-state index in [0.29, 0.717) is 25.0 Å². The molecule has 7 nitrogen and oxygen atoms in total. The van der Waals surface area contributed by atoms with E-state index < -0.39 is 24.7 Å². The predicted octanol–water partition coefficient (Wildman–Crippen LogP) is 5.21. The molecule has 8 heteroatoms. The van der Waals surface area contributed by atoms with Gasteiger partial charge in [0.05, 0.1) is 12.6 Å². The zero-order valence-electron chi connectivity index (χ0n) is 22.9. The number of ketones is 1. The number of nitrogens with two attached hydrogens (primary N) is 1. The number of carbonyl (C=O) groups excluding carboxylic acids is 3. The first-order valence-electron chi connectivity index (χ1n) is 14.3. The first-order chi connectivity index (χ1) is 19.4. The summed E-state index contributed by atoms with van der Waals surface area (Å²) in [6.45, 7) is 1.97. The minimum Gasteiger partial charge on any atom is -0.460 e. The van der Waals surface area contributed by atoms with Gasteiger partial charge in [-0.25, -0.2) is 9.18 Å². The highest BCUT2D eigenvalue weighted by Crippen LogP contribution is 2.38. The van der Waals surface area contributed by atoms with E-state index in [9.17, 15) is 18.8 Å². The Morgan fingerprint density at radius 2 is 1.80 bits per heavy atom. The summed E-state index contributed by atoms with van der Waals surface area (Å²) in [5.41, 5.74) is 8.32. The number of rotatable bonds is 9. The lowest BCUT2D eigenvalue weighted by molar-refractivity contribution is -0.142. The molecule has 3 atom stereocenters. The van der Waals surface area contributed by atoms with E-state index in [1.54, 1.807) is 24.0 Å². The second-order valence-corrected chi connectivity index (χ2v) is 11.1. The fourth-order valence-corrected chi connectivity index (χ4v) is 6.45. The Morgan fingerprint density at radius 1 is 1.05 bits per heavy atom. The summed E-state index contributed by atoms with van der Waals surface area (Å²) in [5.74, 6) is -0.542. The molecule has 1 aliphatic carbocycles. The molecule has 2 N–H and O–H groups in total. The molecule has 1 aromatic heterocycles. The Hall–Kier alpha value is -3.52. The van der Waals surface area contributed by atoms with E-state index in [-0.39, 0.29) is 48.2 Å². The Balaban J connectivity index is 1.36. The predicted molar refractivity (Wildman–Crippen MR) is 150 cm³/mol. The van der Waals surface area contributed by atoms with Crippen LogP contribution in [0.15, 0.2) is 59.0 Å². The molecule has 40 heavy (non-hydrogen) atoms. The first-order valence-corrected chi connectivity index (χ1v) is 14.3. The first kappa shape index (κ1) is 28.0. The summed E-state index contributed by atoms with van der Waals surface area (Å²) < 4.78 is 23.7. The lowest BCUT2D eigenvalue weighted by Gasteiger charge is -2.35. The molecule has 3 aromatic rings. The van der Waals surface area contributed by atoms with Gasteiger partial charge in [0, 0.05) is 36.2 Å². The number of furan rings is 1. The summed E-state index contributed by atoms with van der Waals surface area (Å²) in [6, 6.07) is 16.0. The normalized spacial score (nSPS) is 23.7. The molecule has 1 aliphatic heterocycles. The van der Waals surface area contributed by atoms with Crippen molar-refractivity contribution in [3.05, 3.63) is 71.5 Å². The Morgan fingerprint density at radius 3 is 2.50 bits per heavy atom. The average Bonchev–Trinajstić information content (AvgIpc) is 3.62. The monoisotopic (exact) mass is 548 g/mol. The molecular formula is C32H37FN2O5. The molecule has 2 aromatic carbocycles. The van der Waals surface area contributed by atoms with Gasteiger partial charge in [-0.3, -0.25) is 9.59 Å². The fourth-order valence-electron chi connectivity index (χ4n) is 6.45. The van der Waals surface area contributed by atoms with E-state index >= 15 is 0 Å². The van der Waals surface area contributed by atoms with Gasteiger partial charge in [-0.15, -0.1) is 0 Å². The Kier molecular flexibility index (Phi) is 8.64. The van der Waals surface area contributed by atoms with Gasteiger partial charge in [-0.2, -0.15) is 0 Å². The molecule has 2 aliphatic rings. The van der Waals surface area contributed by atoms with Crippen LogP contribution in [0.3, 0.4) is 0 Å². The van der Waals surface area contributed by atoms with Gasteiger partial charge >= 0.3 is 5.97 Å². The van der Waals surface area contributed by atoms with E-state index in [1.165, 1.54) is 0 Å². The van der Waals surface area contributed by atoms with Crippen LogP contribution in [0.1, 0.15) is 66.6 Å². The lowest BCUT2D eigenvalue weighted by atomic mass is 9.78. The number of amides is 1. The third kappa shape index (κ3) is 5.82. The molecule has 1 saturated heterocycles. The average molecular weight is 549 g/mol. The van der Waals surface area contributed by atoms with Crippen LogP contribution in [0.5, 0.6) is 0 Å². The van der Waals surface area contributed by atoms with Crippen LogP contribution in [-0.4, -0.2) is 54.5 Å². The van der Waals surface area contributed by atoms with Crippen molar-refractivity contribution in [1.82, 2.24) is 4.90 Å². The third-order valence-corrected chi connectivity index (χ3v) is 8.58. The van der Waals surface area contributed by atoms with Gasteiger partial charge in [-0.05, 0) is 74.3 Å². The largest absolute Gasteiger partial charge is 0.460 e. The number of benzene rings is 2. The maximum Gasteiger partial charge on any atom is 0.374 e. The van der Waals surface area contributed by atoms with Crippen molar-refractivity contribution in [3.8, 4) is 0 Å². The lowest BCUT2D eigenvalue weighted by Crippen LogP contribution is -2.47. The van der Waals surface area contributed by atoms with Crippen LogP contribution in [0.2, 0.25) is 0 Å². The Bertz CT molecular complexity index is 1350. The maximum atomic E-state index is 14.0. The van der Waals surface area contributed by atoms with E-state index in [0.717, 1.165) is 35.8 Å². The van der Waals surface area contributed by atoms with Gasteiger partial charge in [0.1, 0.15) is 12.3 Å². The second-order valence-electron chi connectivity index (χ2n) is 11.1. The molecule has 2 fully saturated rings. The number of nitrogens with zero attached hydrogens (tertiary/aromatic N) is 1. The van der Waals surface area contributed by atoms with Gasteiger partial charge in [-0.1, -0.05) is 36.4 Å². The maximum absolute atomic E-state index is 14.0. The summed E-state index contributed by atoms with van der Waals surface area (Å²) in [4.78, 5) is 41.6. The number of likely N-dealkylation sites (tertiary alicyclic amines) is 1. The zero-order valence-corrected chi connectivity index (χ0v) is 22.9. The quantitative estimate of drug-likeness (QED) is 0.369. The van der Waals surface area contributed by atoms with Crippen molar-refractivity contribution >= 4 is 28.6 Å². The number of carbonyl (C=O) groups is 3. The van der Waals surface area contributed by atoms with Crippen molar-refractivity contribution in [2.75, 3.05) is 19.8 Å². The standard InChI is InChI=1S/C32H37FN2O5/c1-2-39-32(38)29-18-24-16-20(8-13-28(24)40-29)17-27(36)30-25(21-6-4-3-5-7-21)14-15-35(30)31(37)23-11-9-22(10-12-23)26(34)19-33/h3-8,13,16,18,22-23,25-26,30H,2,9-12,14-15,17,19,34H2,1H3/t22?,23?,25-,26?,30+/m1/s1. The Labute approximate surface area is 233 Å².